The highest BCUT2D eigenvalue weighted by Crippen LogP contribution is 2.38. The molecule has 4 aliphatic heterocycles. The molecule has 0 spiro atoms. The number of piperazine rings is 1. The van der Waals surface area contributed by atoms with Gasteiger partial charge in [-0.2, -0.15) is 0 Å². The van der Waals surface area contributed by atoms with E-state index in [0.29, 0.717) is 34.7 Å². The van der Waals surface area contributed by atoms with Crippen LogP contribution < -0.4 is 19.9 Å². The van der Waals surface area contributed by atoms with Crippen LogP contribution in [-0.4, -0.2) is 151 Å². The summed E-state index contributed by atoms with van der Waals surface area (Å²) in [5.74, 6) is 2.11. The Hall–Kier alpha value is -6.93. The summed E-state index contributed by atoms with van der Waals surface area (Å²) < 4.78 is 12.4. The van der Waals surface area contributed by atoms with Crippen molar-refractivity contribution in [2.75, 3.05) is 75.2 Å². The number of anilines is 2. The Labute approximate surface area is 465 Å². The molecule has 2 amide bonds. The number of likely N-dealkylation sites (tertiary alicyclic amines) is 2. The fourth-order valence-electron chi connectivity index (χ4n) is 12.7. The number of hydrogen-bond acceptors (Lipinski definition) is 16. The number of para-hydroxylation sites is 1. The third-order valence-corrected chi connectivity index (χ3v) is 18.3. The zero-order valence-electron chi connectivity index (χ0n) is 45.6. The third kappa shape index (κ3) is 11.3. The van der Waals surface area contributed by atoms with E-state index < -0.39 is 18.1 Å². The van der Waals surface area contributed by atoms with Gasteiger partial charge in [0.15, 0.2) is 17.2 Å². The maximum Gasteiger partial charge on any atom is 0.243 e. The second-order valence-corrected chi connectivity index (χ2v) is 23.9. The molecule has 2 aromatic carbocycles. The number of carbonyl (C=O) groups excluding carboxylic acids is 2. The van der Waals surface area contributed by atoms with E-state index in [1.165, 1.54) is 24.1 Å². The fourth-order valence-corrected chi connectivity index (χ4v) is 13.5. The molecule has 414 valence electrons. The van der Waals surface area contributed by atoms with Crippen LogP contribution in [-0.2, 0) is 22.6 Å². The van der Waals surface area contributed by atoms with Crippen LogP contribution >= 0.6 is 11.3 Å². The number of carbonyl (C=O) groups is 2. The number of benzene rings is 2. The van der Waals surface area contributed by atoms with Crippen molar-refractivity contribution in [1.82, 2.24) is 50.3 Å². The summed E-state index contributed by atoms with van der Waals surface area (Å²) in [4.78, 5) is 53.2. The predicted molar refractivity (Wildman–Crippen MR) is 304 cm³/mol. The quantitative estimate of drug-likeness (QED) is 0.0724. The highest BCUT2D eigenvalue weighted by atomic mass is 32.1. The number of nitrogens with zero attached hydrogens (tertiary/aromatic N) is 10. The Bertz CT molecular complexity index is 3270. The molecule has 9 heterocycles. The summed E-state index contributed by atoms with van der Waals surface area (Å²) in [6.45, 7) is 17.6. The highest BCUT2D eigenvalue weighted by Gasteiger charge is 2.44. The number of pyridine rings is 1. The molecule has 1 unspecified atom stereocenters. The van der Waals surface area contributed by atoms with Crippen molar-refractivity contribution >= 4 is 45.7 Å². The van der Waals surface area contributed by atoms with Crippen LogP contribution in [0.3, 0.4) is 0 Å². The molecule has 0 bridgehead atoms. The molecular weight excluding hydrogens is 1020 g/mol. The molecule has 7 aromatic rings. The minimum absolute atomic E-state index is 0.0877. The maximum absolute atomic E-state index is 14.4. The molecule has 18 nitrogen and oxygen atoms in total. The van der Waals surface area contributed by atoms with E-state index in [0.717, 1.165) is 129 Å². The Morgan fingerprint density at radius 2 is 1.65 bits per heavy atom. The standard InChI is InChI=1S/C60H72N12O6S/c1-36(2)56(60(76)72-33-44(73)28-51(72)59(75)63-37(3)41-9-11-42(12-10-41)57-38(4)62-35-79-57)53-30-54(67-78-53)70-23-21-69(22-24-70)31-39-14-18-68(19-15-39)32-40-25-45(26-40)77-55-27-43(13-17-61-55)71-20-16-49-48(34-71)47-29-50(65-66-58(47)64-49)46-7-5-6-8-52(46)74/h5-13,17,27,29-30,35-37,39-40,44-45,51,56,73-74H,14-16,18-26,28,31-34H2,1-4H3,(H,63,75)(H,64,66)/t37-,40?,44+,45?,51-,56?/m0/s1. The van der Waals surface area contributed by atoms with Crippen LogP contribution in [0.25, 0.3) is 32.7 Å². The van der Waals surface area contributed by atoms with Gasteiger partial charge in [0.25, 0.3) is 0 Å². The lowest BCUT2D eigenvalue weighted by molar-refractivity contribution is -0.141. The number of H-pyrrole nitrogens is 1. The Balaban J connectivity index is 0.569. The van der Waals surface area contributed by atoms with Crippen LogP contribution in [0.5, 0.6) is 11.6 Å². The van der Waals surface area contributed by atoms with Gasteiger partial charge in [-0.05, 0) is 106 Å². The largest absolute Gasteiger partial charge is 0.507 e. The molecule has 19 heteroatoms. The van der Waals surface area contributed by atoms with E-state index in [1.54, 1.807) is 22.3 Å². The molecule has 12 rings (SSSR count). The van der Waals surface area contributed by atoms with Gasteiger partial charge in [-0.15, -0.1) is 21.5 Å². The topological polar surface area (TPSA) is 205 Å². The average molecular weight is 1090 g/mol. The Kier molecular flexibility index (Phi) is 15.1. The number of nitrogens with one attached hydrogen (secondary N) is 2. The average Bonchev–Trinajstić information content (AvgIpc) is 4.30. The molecule has 1 saturated carbocycles. The predicted octanol–water partition coefficient (Wildman–Crippen LogP) is 7.98. The number of aromatic nitrogens is 6. The summed E-state index contributed by atoms with van der Waals surface area (Å²) >= 11 is 1.60. The molecule has 1 aliphatic carbocycles. The molecule has 4 N–H and O–H groups in total. The Morgan fingerprint density at radius 3 is 2.41 bits per heavy atom. The Morgan fingerprint density at radius 1 is 0.873 bits per heavy atom. The van der Waals surface area contributed by atoms with Crippen molar-refractivity contribution < 1.29 is 29.1 Å². The third-order valence-electron chi connectivity index (χ3n) is 17.3. The van der Waals surface area contributed by atoms with Gasteiger partial charge >= 0.3 is 0 Å². The molecule has 4 atom stereocenters. The summed E-state index contributed by atoms with van der Waals surface area (Å²) in [5, 5.41) is 38.8. The van der Waals surface area contributed by atoms with Crippen LogP contribution in [0.1, 0.15) is 93.1 Å². The van der Waals surface area contributed by atoms with Crippen LogP contribution in [0, 0.1) is 24.7 Å². The number of thiazole rings is 1. The minimum Gasteiger partial charge on any atom is -0.507 e. The number of rotatable bonds is 16. The first kappa shape index (κ1) is 52.8. The van der Waals surface area contributed by atoms with Gasteiger partial charge in [0.1, 0.15) is 23.8 Å². The second-order valence-electron chi connectivity index (χ2n) is 23.0. The van der Waals surface area contributed by atoms with Crippen molar-refractivity contribution in [3.63, 3.8) is 0 Å². The van der Waals surface area contributed by atoms with E-state index in [1.807, 2.05) is 94.0 Å². The number of piperidine rings is 1. The van der Waals surface area contributed by atoms with Gasteiger partial charge in [0, 0.05) is 118 Å². The smallest absolute Gasteiger partial charge is 0.243 e. The molecular formula is C60H72N12O6S. The summed E-state index contributed by atoms with van der Waals surface area (Å²) in [7, 11) is 0. The number of phenolic OH excluding ortho intramolecular Hbond substituents is 1. The van der Waals surface area contributed by atoms with Crippen LogP contribution in [0.15, 0.2) is 89.0 Å². The van der Waals surface area contributed by atoms with Crippen LogP contribution in [0.2, 0.25) is 0 Å². The first-order chi connectivity index (χ1) is 38.4. The lowest BCUT2D eigenvalue weighted by atomic mass is 9.81. The molecule has 0 radical (unpaired) electrons. The van der Waals surface area contributed by atoms with Gasteiger partial charge in [-0.25, -0.2) is 9.97 Å². The zero-order chi connectivity index (χ0) is 54.3. The van der Waals surface area contributed by atoms with Gasteiger partial charge in [-0.1, -0.05) is 55.4 Å². The molecule has 3 saturated heterocycles. The molecule has 5 aliphatic rings. The number of fused-ring (bicyclic) bond motifs is 3. The number of aryl methyl sites for hydroxylation is 1. The number of aromatic hydroxyl groups is 1. The first-order valence-corrected chi connectivity index (χ1v) is 29.2. The highest BCUT2D eigenvalue weighted by molar-refractivity contribution is 7.13. The number of β-amino-alcohol motifs (C(OH)–C–C–N with tert-alkyl or cyclic N) is 1. The zero-order valence-corrected chi connectivity index (χ0v) is 46.4. The van der Waals surface area contributed by atoms with Crippen LogP contribution in [0.4, 0.5) is 11.5 Å². The van der Waals surface area contributed by atoms with Crippen molar-refractivity contribution in [2.45, 2.75) is 103 Å². The van der Waals surface area contributed by atoms with Crippen molar-refractivity contribution in [2.24, 2.45) is 17.8 Å². The van der Waals surface area contributed by atoms with Gasteiger partial charge < -0.3 is 49.4 Å². The maximum atomic E-state index is 14.4. The summed E-state index contributed by atoms with van der Waals surface area (Å²) in [6, 6.07) is 22.3. The van der Waals surface area contributed by atoms with Gasteiger partial charge in [0.05, 0.1) is 33.9 Å². The minimum atomic E-state index is -0.799. The molecule has 5 aromatic heterocycles. The van der Waals surface area contributed by atoms with E-state index in [-0.39, 0.29) is 48.6 Å². The second kappa shape index (κ2) is 22.7. The number of aromatic amines is 1. The monoisotopic (exact) mass is 1090 g/mol. The number of phenols is 1. The summed E-state index contributed by atoms with van der Waals surface area (Å²) in [6.07, 6.45) is 6.79. The number of amides is 2. The van der Waals surface area contributed by atoms with Crippen molar-refractivity contribution in [3.05, 3.63) is 113 Å². The number of hydrogen-bond donors (Lipinski definition) is 4. The van der Waals surface area contributed by atoms with E-state index >= 15 is 0 Å². The lowest BCUT2D eigenvalue weighted by Gasteiger charge is -2.42. The van der Waals surface area contributed by atoms with Gasteiger partial charge in [0.2, 0.25) is 17.7 Å². The fraction of sp³-hybridized carbons (Fsp3) is 0.483. The van der Waals surface area contributed by atoms with Crippen molar-refractivity contribution in [1.29, 1.82) is 0 Å². The lowest BCUT2D eigenvalue weighted by Crippen LogP contribution is -2.49. The van der Waals surface area contributed by atoms with Gasteiger partial charge in [-0.3, -0.25) is 14.5 Å². The van der Waals surface area contributed by atoms with E-state index in [9.17, 15) is 19.8 Å². The SMILES string of the molecule is Cc1ncsc1-c1ccc([C@H](C)NC(=O)[C@@H]2C[C@@H](O)CN2C(=O)C(c2cc(N3CCN(CC4CCN(CC5CC(Oc6cc(N7CCc8[nH]c9nnc(-c%10ccccc%10O)cc9c8C7)ccn6)C5)CC4)CC3)no2)C(C)C)cc1. The first-order valence-electron chi connectivity index (χ1n) is 28.4. The molecule has 4 fully saturated rings. The van der Waals surface area contributed by atoms with Crippen molar-refractivity contribution in [3.8, 4) is 33.3 Å². The number of aliphatic hydroxyl groups is 1. The number of aliphatic hydroxyl groups excluding tert-OH is 1. The van der Waals surface area contributed by atoms with E-state index in [2.05, 4.69) is 67.4 Å². The molecule has 79 heavy (non-hydrogen) atoms. The van der Waals surface area contributed by atoms with E-state index in [4.69, 9.17) is 9.26 Å². The normalized spacial score (nSPS) is 22.0. The summed E-state index contributed by atoms with van der Waals surface area (Å²) in [5.41, 5.74) is 10.4. The number of ether oxygens (including phenoxy) is 1.